The van der Waals surface area contributed by atoms with Gasteiger partial charge in [0.25, 0.3) is 0 Å². The Morgan fingerprint density at radius 1 is 1.37 bits per heavy atom. The van der Waals surface area contributed by atoms with E-state index in [1.165, 1.54) is 5.56 Å². The van der Waals surface area contributed by atoms with E-state index in [1.54, 1.807) is 0 Å². The van der Waals surface area contributed by atoms with Crippen LogP contribution in [0.25, 0.3) is 0 Å². The standard InChI is InChI=1S/C16H21NOS/c1-2-3-9-16(18)17-11-10-15(19-13-12-17)14-7-5-4-6-8-14/h2,4-8,15H,1,3,9-13H2. The summed E-state index contributed by atoms with van der Waals surface area (Å²) in [5.74, 6) is 1.30. The van der Waals surface area contributed by atoms with Gasteiger partial charge in [0.15, 0.2) is 0 Å². The fourth-order valence-corrected chi connectivity index (χ4v) is 3.57. The lowest BCUT2D eigenvalue weighted by Crippen LogP contribution is -2.32. The Morgan fingerprint density at radius 3 is 2.89 bits per heavy atom. The molecule has 102 valence electrons. The van der Waals surface area contributed by atoms with Crippen LogP contribution in [-0.2, 0) is 4.79 Å². The van der Waals surface area contributed by atoms with Crippen LogP contribution in [0.4, 0.5) is 0 Å². The topological polar surface area (TPSA) is 20.3 Å². The maximum absolute atomic E-state index is 12.0. The Bertz CT molecular complexity index is 418. The molecular weight excluding hydrogens is 254 g/mol. The Kier molecular flexibility index (Phi) is 5.52. The van der Waals surface area contributed by atoms with Crippen molar-refractivity contribution >= 4 is 17.7 Å². The van der Waals surface area contributed by atoms with Gasteiger partial charge in [-0.2, -0.15) is 11.8 Å². The SMILES string of the molecule is C=CCCC(=O)N1CCSC(c2ccccc2)CC1. The molecule has 1 saturated heterocycles. The van der Waals surface area contributed by atoms with Crippen molar-refractivity contribution in [3.8, 4) is 0 Å². The minimum absolute atomic E-state index is 0.272. The van der Waals surface area contributed by atoms with Crippen LogP contribution in [0.5, 0.6) is 0 Å². The van der Waals surface area contributed by atoms with Crippen molar-refractivity contribution in [2.24, 2.45) is 0 Å². The molecule has 1 unspecified atom stereocenters. The van der Waals surface area contributed by atoms with Crippen LogP contribution in [0, 0.1) is 0 Å². The van der Waals surface area contributed by atoms with Crippen LogP contribution in [0.1, 0.15) is 30.1 Å². The van der Waals surface area contributed by atoms with Crippen LogP contribution in [0.15, 0.2) is 43.0 Å². The molecular formula is C16H21NOS. The largest absolute Gasteiger partial charge is 0.342 e. The average molecular weight is 275 g/mol. The number of amides is 1. The van der Waals surface area contributed by atoms with Crippen molar-refractivity contribution in [1.82, 2.24) is 4.90 Å². The third-order valence-corrected chi connectivity index (χ3v) is 4.76. The molecule has 0 saturated carbocycles. The second kappa shape index (κ2) is 7.39. The molecule has 1 aliphatic rings. The zero-order valence-electron chi connectivity index (χ0n) is 11.3. The van der Waals surface area contributed by atoms with Crippen molar-refractivity contribution < 1.29 is 4.79 Å². The predicted octanol–water partition coefficient (Wildman–Crippen LogP) is 3.66. The second-order valence-corrected chi connectivity index (χ2v) is 6.08. The minimum atomic E-state index is 0.272. The van der Waals surface area contributed by atoms with Gasteiger partial charge in [-0.3, -0.25) is 4.79 Å². The van der Waals surface area contributed by atoms with E-state index in [0.29, 0.717) is 11.7 Å². The summed E-state index contributed by atoms with van der Waals surface area (Å²) in [6.45, 7) is 5.43. The molecule has 1 amide bonds. The van der Waals surface area contributed by atoms with Gasteiger partial charge in [-0.05, 0) is 18.4 Å². The number of carbonyl (C=O) groups excluding carboxylic acids is 1. The number of hydrogen-bond donors (Lipinski definition) is 0. The third kappa shape index (κ3) is 4.13. The quantitative estimate of drug-likeness (QED) is 0.782. The molecule has 0 N–H and O–H groups in total. The van der Waals surface area contributed by atoms with Gasteiger partial charge >= 0.3 is 0 Å². The van der Waals surface area contributed by atoms with Gasteiger partial charge in [0.05, 0.1) is 0 Å². The van der Waals surface area contributed by atoms with Crippen LogP contribution < -0.4 is 0 Å². The molecule has 3 heteroatoms. The molecule has 1 atom stereocenters. The van der Waals surface area contributed by atoms with Gasteiger partial charge in [0, 0.05) is 30.5 Å². The third-order valence-electron chi connectivity index (χ3n) is 3.43. The maximum Gasteiger partial charge on any atom is 0.222 e. The highest BCUT2D eigenvalue weighted by molar-refractivity contribution is 7.99. The maximum atomic E-state index is 12.0. The van der Waals surface area contributed by atoms with E-state index in [1.807, 2.05) is 22.7 Å². The number of hydrogen-bond acceptors (Lipinski definition) is 2. The first-order chi connectivity index (χ1) is 9.31. The number of allylic oxidation sites excluding steroid dienone is 1. The summed E-state index contributed by atoms with van der Waals surface area (Å²) >= 11 is 1.97. The van der Waals surface area contributed by atoms with Crippen molar-refractivity contribution in [3.63, 3.8) is 0 Å². The first-order valence-corrected chi connectivity index (χ1v) is 7.91. The van der Waals surface area contributed by atoms with Gasteiger partial charge in [0.2, 0.25) is 5.91 Å². The molecule has 1 aliphatic heterocycles. The lowest BCUT2D eigenvalue weighted by Gasteiger charge is -2.20. The number of thioether (sulfide) groups is 1. The Hall–Kier alpha value is -1.22. The number of benzene rings is 1. The lowest BCUT2D eigenvalue weighted by molar-refractivity contribution is -0.130. The summed E-state index contributed by atoms with van der Waals surface area (Å²) in [7, 11) is 0. The van der Waals surface area contributed by atoms with Gasteiger partial charge in [-0.15, -0.1) is 6.58 Å². The Labute approximate surface area is 119 Å². The fraction of sp³-hybridized carbons (Fsp3) is 0.438. The van der Waals surface area contributed by atoms with Gasteiger partial charge in [-0.25, -0.2) is 0 Å². The molecule has 1 fully saturated rings. The first-order valence-electron chi connectivity index (χ1n) is 6.86. The highest BCUT2D eigenvalue weighted by Crippen LogP contribution is 2.34. The van der Waals surface area contributed by atoms with Crippen molar-refractivity contribution in [2.75, 3.05) is 18.8 Å². The molecule has 2 nitrogen and oxygen atoms in total. The molecule has 0 bridgehead atoms. The molecule has 1 aromatic carbocycles. The van der Waals surface area contributed by atoms with E-state index < -0.39 is 0 Å². The Balaban J connectivity index is 1.91. The summed E-state index contributed by atoms with van der Waals surface area (Å²) in [4.78, 5) is 14.0. The minimum Gasteiger partial charge on any atom is -0.342 e. The van der Waals surface area contributed by atoms with E-state index >= 15 is 0 Å². The zero-order valence-corrected chi connectivity index (χ0v) is 12.1. The smallest absolute Gasteiger partial charge is 0.222 e. The molecule has 0 radical (unpaired) electrons. The molecule has 2 rings (SSSR count). The highest BCUT2D eigenvalue weighted by Gasteiger charge is 2.21. The summed E-state index contributed by atoms with van der Waals surface area (Å²) in [5, 5.41) is 0.526. The van der Waals surface area contributed by atoms with E-state index in [0.717, 1.165) is 31.7 Å². The van der Waals surface area contributed by atoms with Crippen molar-refractivity contribution in [2.45, 2.75) is 24.5 Å². The Morgan fingerprint density at radius 2 is 2.16 bits per heavy atom. The average Bonchev–Trinajstić information content (AvgIpc) is 2.71. The normalized spacial score (nSPS) is 19.8. The van der Waals surface area contributed by atoms with Crippen LogP contribution in [-0.4, -0.2) is 29.6 Å². The number of nitrogens with zero attached hydrogens (tertiary/aromatic N) is 1. The summed E-state index contributed by atoms with van der Waals surface area (Å²) in [6, 6.07) is 10.6. The van der Waals surface area contributed by atoms with Crippen molar-refractivity contribution in [3.05, 3.63) is 48.6 Å². The predicted molar refractivity (Wildman–Crippen MR) is 82.3 cm³/mol. The summed E-state index contributed by atoms with van der Waals surface area (Å²) in [6.07, 6.45) is 4.25. The van der Waals surface area contributed by atoms with Crippen molar-refractivity contribution in [1.29, 1.82) is 0 Å². The molecule has 0 aliphatic carbocycles. The van der Waals surface area contributed by atoms with Gasteiger partial charge in [0.1, 0.15) is 0 Å². The van der Waals surface area contributed by atoms with E-state index in [9.17, 15) is 4.79 Å². The summed E-state index contributed by atoms with van der Waals surface area (Å²) < 4.78 is 0. The molecule has 0 spiro atoms. The summed E-state index contributed by atoms with van der Waals surface area (Å²) in [5.41, 5.74) is 1.38. The van der Waals surface area contributed by atoms with Gasteiger partial charge < -0.3 is 4.90 Å². The number of rotatable bonds is 4. The van der Waals surface area contributed by atoms with Gasteiger partial charge in [-0.1, -0.05) is 36.4 Å². The van der Waals surface area contributed by atoms with Crippen LogP contribution in [0.2, 0.25) is 0 Å². The van der Waals surface area contributed by atoms with Crippen LogP contribution >= 0.6 is 11.8 Å². The zero-order chi connectivity index (χ0) is 13.5. The lowest BCUT2D eigenvalue weighted by atomic mass is 10.1. The first kappa shape index (κ1) is 14.2. The van der Waals surface area contributed by atoms with E-state index in [2.05, 4.69) is 36.9 Å². The second-order valence-electron chi connectivity index (χ2n) is 4.77. The molecule has 1 heterocycles. The van der Waals surface area contributed by atoms with E-state index in [-0.39, 0.29) is 5.91 Å². The molecule has 0 aromatic heterocycles. The molecule has 19 heavy (non-hydrogen) atoms. The highest BCUT2D eigenvalue weighted by atomic mass is 32.2. The fourth-order valence-electron chi connectivity index (χ4n) is 2.34. The molecule has 1 aromatic rings. The van der Waals surface area contributed by atoms with E-state index in [4.69, 9.17) is 0 Å². The number of carbonyl (C=O) groups is 1. The van der Waals surface area contributed by atoms with Crippen LogP contribution in [0.3, 0.4) is 0 Å². The monoisotopic (exact) mass is 275 g/mol.